The number of fused-ring (bicyclic) bond motifs is 1. The number of hydrogen-bond acceptors (Lipinski definition) is 4. The van der Waals surface area contributed by atoms with Gasteiger partial charge in [-0.3, -0.25) is 4.40 Å². The molecule has 0 amide bonds. The van der Waals surface area contributed by atoms with Crippen LogP contribution in [0, 0.1) is 0 Å². The second-order valence-electron chi connectivity index (χ2n) is 5.33. The second kappa shape index (κ2) is 6.86. The molecule has 0 radical (unpaired) electrons. The fraction of sp³-hybridized carbons (Fsp3) is 0.200. The summed E-state index contributed by atoms with van der Waals surface area (Å²) in [6, 6.07) is 7.77. The minimum atomic E-state index is -4.85. The van der Waals surface area contributed by atoms with Crippen molar-refractivity contribution < 1.29 is 21.6 Å². The summed E-state index contributed by atoms with van der Waals surface area (Å²) in [4.78, 5) is -0.875. The molecular formula is C15H12ClF3N4O2S. The van der Waals surface area contributed by atoms with Crippen LogP contribution in [0.2, 0.25) is 5.02 Å². The number of rotatable bonds is 5. The van der Waals surface area contributed by atoms with Crippen LogP contribution in [-0.4, -0.2) is 29.6 Å². The Bertz CT molecular complexity index is 1050. The first kappa shape index (κ1) is 18.6. The van der Waals surface area contributed by atoms with Crippen molar-refractivity contribution in [2.45, 2.75) is 17.5 Å². The number of aromatic nitrogens is 3. The molecule has 0 aliphatic heterocycles. The molecular weight excluding hydrogens is 393 g/mol. The summed E-state index contributed by atoms with van der Waals surface area (Å²) in [7, 11) is -4.38. The van der Waals surface area contributed by atoms with Crippen LogP contribution in [0.25, 0.3) is 5.65 Å². The molecule has 0 aliphatic carbocycles. The van der Waals surface area contributed by atoms with Gasteiger partial charge in [-0.15, -0.1) is 10.2 Å². The fourth-order valence-corrected chi connectivity index (χ4v) is 3.80. The van der Waals surface area contributed by atoms with Gasteiger partial charge >= 0.3 is 6.18 Å². The van der Waals surface area contributed by atoms with Crippen molar-refractivity contribution in [1.82, 2.24) is 19.3 Å². The fourth-order valence-electron chi connectivity index (χ4n) is 2.39. The lowest BCUT2D eigenvalue weighted by molar-refractivity contribution is -0.139. The Morgan fingerprint density at radius 3 is 2.65 bits per heavy atom. The van der Waals surface area contributed by atoms with E-state index < -0.39 is 26.7 Å². The molecule has 3 rings (SSSR count). The van der Waals surface area contributed by atoms with Gasteiger partial charge in [-0.1, -0.05) is 17.7 Å². The summed E-state index contributed by atoms with van der Waals surface area (Å²) in [5.41, 5.74) is -0.729. The van der Waals surface area contributed by atoms with Gasteiger partial charge in [0.2, 0.25) is 10.0 Å². The molecule has 0 fully saturated rings. The van der Waals surface area contributed by atoms with Crippen LogP contribution >= 0.6 is 11.6 Å². The lowest BCUT2D eigenvalue weighted by atomic mass is 10.2. The Morgan fingerprint density at radius 1 is 1.15 bits per heavy atom. The molecule has 1 N–H and O–H groups in total. The van der Waals surface area contributed by atoms with Crippen LogP contribution in [0.4, 0.5) is 13.2 Å². The number of halogens is 4. The van der Waals surface area contributed by atoms with Gasteiger partial charge in [0.05, 0.1) is 10.5 Å². The Morgan fingerprint density at radius 2 is 1.92 bits per heavy atom. The number of sulfonamides is 1. The van der Waals surface area contributed by atoms with E-state index in [-0.39, 0.29) is 18.0 Å². The lowest BCUT2D eigenvalue weighted by Crippen LogP contribution is -2.28. The van der Waals surface area contributed by atoms with E-state index in [9.17, 15) is 21.6 Å². The van der Waals surface area contributed by atoms with Gasteiger partial charge in [0, 0.05) is 24.2 Å². The molecule has 2 aromatic heterocycles. The molecule has 0 unspecified atom stereocenters. The number of nitrogens with one attached hydrogen (secondary N) is 1. The SMILES string of the molecule is O=S(=O)(NCCc1nnc2ccccn12)c1ccc(Cl)cc1C(F)(F)F. The highest BCUT2D eigenvalue weighted by Gasteiger charge is 2.37. The maximum absolute atomic E-state index is 13.1. The summed E-state index contributed by atoms with van der Waals surface area (Å²) in [5, 5.41) is 7.65. The zero-order valence-corrected chi connectivity index (χ0v) is 14.6. The lowest BCUT2D eigenvalue weighted by Gasteiger charge is -2.14. The Kier molecular flexibility index (Phi) is 4.91. The van der Waals surface area contributed by atoms with Gasteiger partial charge in [-0.05, 0) is 30.3 Å². The minimum Gasteiger partial charge on any atom is -0.286 e. The highest BCUT2D eigenvalue weighted by atomic mass is 35.5. The first-order valence-electron chi connectivity index (χ1n) is 7.33. The van der Waals surface area contributed by atoms with Crippen molar-refractivity contribution in [3.05, 3.63) is 59.0 Å². The number of hydrogen-bond donors (Lipinski definition) is 1. The van der Waals surface area contributed by atoms with Crippen LogP contribution < -0.4 is 4.72 Å². The first-order valence-corrected chi connectivity index (χ1v) is 9.20. The smallest absolute Gasteiger partial charge is 0.286 e. The predicted octanol–water partition coefficient (Wildman–Crippen LogP) is 2.92. The van der Waals surface area contributed by atoms with E-state index >= 15 is 0 Å². The van der Waals surface area contributed by atoms with Crippen molar-refractivity contribution >= 4 is 27.3 Å². The van der Waals surface area contributed by atoms with Crippen LogP contribution in [-0.2, 0) is 22.6 Å². The number of pyridine rings is 1. The average Bonchev–Trinajstić information content (AvgIpc) is 2.97. The molecule has 6 nitrogen and oxygen atoms in total. The zero-order valence-electron chi connectivity index (χ0n) is 13.0. The van der Waals surface area contributed by atoms with Crippen LogP contribution in [0.15, 0.2) is 47.5 Å². The molecule has 138 valence electrons. The van der Waals surface area contributed by atoms with Crippen molar-refractivity contribution in [2.24, 2.45) is 0 Å². The van der Waals surface area contributed by atoms with Gasteiger partial charge < -0.3 is 0 Å². The summed E-state index contributed by atoms with van der Waals surface area (Å²) < 4.78 is 67.8. The normalized spacial score (nSPS) is 12.6. The Balaban J connectivity index is 1.80. The van der Waals surface area contributed by atoms with E-state index in [1.165, 1.54) is 0 Å². The molecule has 0 bridgehead atoms. The van der Waals surface area contributed by atoms with E-state index in [0.717, 1.165) is 12.1 Å². The molecule has 0 saturated carbocycles. The van der Waals surface area contributed by atoms with Crippen LogP contribution in [0.3, 0.4) is 0 Å². The van der Waals surface area contributed by atoms with E-state index in [4.69, 9.17) is 11.6 Å². The summed E-state index contributed by atoms with van der Waals surface area (Å²) in [6.45, 7) is -0.141. The molecule has 0 saturated heterocycles. The quantitative estimate of drug-likeness (QED) is 0.709. The van der Waals surface area contributed by atoms with Crippen molar-refractivity contribution in [3.8, 4) is 0 Å². The molecule has 26 heavy (non-hydrogen) atoms. The summed E-state index contributed by atoms with van der Waals surface area (Å²) in [6.07, 6.45) is -2.99. The molecule has 1 aromatic carbocycles. The Hall–Kier alpha value is -2.17. The maximum Gasteiger partial charge on any atom is 0.417 e. The van der Waals surface area contributed by atoms with E-state index in [1.54, 1.807) is 28.8 Å². The Labute approximate surface area is 151 Å². The van der Waals surface area contributed by atoms with Gasteiger partial charge in [0.25, 0.3) is 0 Å². The number of alkyl halides is 3. The molecule has 11 heteroatoms. The minimum absolute atomic E-state index is 0.141. The van der Waals surface area contributed by atoms with Crippen molar-refractivity contribution in [1.29, 1.82) is 0 Å². The monoisotopic (exact) mass is 404 g/mol. The molecule has 0 atom stereocenters. The molecule has 0 spiro atoms. The predicted molar refractivity (Wildman–Crippen MR) is 88.3 cm³/mol. The average molecular weight is 405 g/mol. The third-order valence-electron chi connectivity index (χ3n) is 3.56. The van der Waals surface area contributed by atoms with Gasteiger partial charge in [0.1, 0.15) is 5.82 Å². The molecule has 3 aromatic rings. The molecule has 0 aliphatic rings. The standard InChI is InChI=1S/C15H12ClF3N4O2S/c16-10-4-5-12(11(9-10)15(17,18)19)26(24,25)20-7-6-14-22-21-13-3-1-2-8-23(13)14/h1-5,8-9,20H,6-7H2. The van der Waals surface area contributed by atoms with E-state index in [0.29, 0.717) is 17.5 Å². The third kappa shape index (κ3) is 3.81. The van der Waals surface area contributed by atoms with Gasteiger partial charge in [-0.2, -0.15) is 13.2 Å². The maximum atomic E-state index is 13.1. The van der Waals surface area contributed by atoms with Gasteiger partial charge in [-0.25, -0.2) is 13.1 Å². The van der Waals surface area contributed by atoms with Crippen molar-refractivity contribution in [2.75, 3.05) is 6.54 Å². The number of benzene rings is 1. The van der Waals surface area contributed by atoms with E-state index in [2.05, 4.69) is 14.9 Å². The molecule has 2 heterocycles. The summed E-state index contributed by atoms with van der Waals surface area (Å²) >= 11 is 5.57. The van der Waals surface area contributed by atoms with Crippen LogP contribution in [0.5, 0.6) is 0 Å². The second-order valence-corrected chi connectivity index (χ2v) is 7.50. The highest BCUT2D eigenvalue weighted by Crippen LogP contribution is 2.35. The largest absolute Gasteiger partial charge is 0.417 e. The van der Waals surface area contributed by atoms with Crippen LogP contribution in [0.1, 0.15) is 11.4 Å². The zero-order chi connectivity index (χ0) is 18.9. The van der Waals surface area contributed by atoms with E-state index in [1.807, 2.05) is 0 Å². The topological polar surface area (TPSA) is 76.4 Å². The third-order valence-corrected chi connectivity index (χ3v) is 5.32. The van der Waals surface area contributed by atoms with Gasteiger partial charge in [0.15, 0.2) is 5.65 Å². The van der Waals surface area contributed by atoms with Crippen molar-refractivity contribution in [3.63, 3.8) is 0 Å². The number of nitrogens with zero attached hydrogens (tertiary/aromatic N) is 3. The first-order chi connectivity index (χ1) is 12.2. The highest BCUT2D eigenvalue weighted by molar-refractivity contribution is 7.89. The summed E-state index contributed by atoms with van der Waals surface area (Å²) in [5.74, 6) is 0.482.